The lowest BCUT2D eigenvalue weighted by Gasteiger charge is -2.14. The summed E-state index contributed by atoms with van der Waals surface area (Å²) in [5.41, 5.74) is 6.01. The van der Waals surface area contributed by atoms with Crippen LogP contribution in [0.1, 0.15) is 37.5 Å². The molecule has 0 bridgehead atoms. The normalized spacial score (nSPS) is 10.7. The maximum absolute atomic E-state index is 10.3. The topological polar surface area (TPSA) is 20.2 Å². The van der Waals surface area contributed by atoms with Gasteiger partial charge in [0, 0.05) is 5.56 Å². The minimum Gasteiger partial charge on any atom is -0.507 e. The summed E-state index contributed by atoms with van der Waals surface area (Å²) in [6, 6.07) is 12.4. The van der Waals surface area contributed by atoms with Gasteiger partial charge < -0.3 is 5.11 Å². The van der Waals surface area contributed by atoms with Crippen molar-refractivity contribution in [3.05, 3.63) is 53.1 Å². The minimum atomic E-state index is 0.391. The fraction of sp³-hybridized carbons (Fsp3) is 0.333. The monoisotopic (exact) mass is 254 g/mol. The van der Waals surface area contributed by atoms with E-state index in [0.717, 1.165) is 24.8 Å². The molecule has 0 radical (unpaired) electrons. The van der Waals surface area contributed by atoms with Crippen LogP contribution in [0.2, 0.25) is 0 Å². The SMILES string of the molecule is CCc1ccc(-c2cccc(CC)c2CC)c(O)c1. The molecule has 1 N–H and O–H groups in total. The van der Waals surface area contributed by atoms with E-state index in [0.29, 0.717) is 5.75 Å². The fourth-order valence-electron chi connectivity index (χ4n) is 2.66. The lowest BCUT2D eigenvalue weighted by atomic mass is 9.91. The lowest BCUT2D eigenvalue weighted by molar-refractivity contribution is 0.476. The van der Waals surface area contributed by atoms with Crippen molar-refractivity contribution in [1.82, 2.24) is 0 Å². The van der Waals surface area contributed by atoms with Crippen molar-refractivity contribution in [3.8, 4) is 16.9 Å². The van der Waals surface area contributed by atoms with Crippen LogP contribution in [-0.2, 0) is 19.3 Å². The summed E-state index contributed by atoms with van der Waals surface area (Å²) >= 11 is 0. The van der Waals surface area contributed by atoms with Crippen molar-refractivity contribution >= 4 is 0 Å². The Hall–Kier alpha value is -1.76. The zero-order valence-electron chi connectivity index (χ0n) is 12.0. The lowest BCUT2D eigenvalue weighted by Crippen LogP contribution is -1.95. The molecule has 2 aromatic carbocycles. The summed E-state index contributed by atoms with van der Waals surface area (Å²) in [6.07, 6.45) is 2.97. The molecule has 100 valence electrons. The molecule has 0 amide bonds. The first kappa shape index (κ1) is 13.7. The van der Waals surface area contributed by atoms with E-state index in [1.807, 2.05) is 12.1 Å². The van der Waals surface area contributed by atoms with E-state index in [2.05, 4.69) is 45.0 Å². The van der Waals surface area contributed by atoms with Gasteiger partial charge in [0.2, 0.25) is 0 Å². The summed E-state index contributed by atoms with van der Waals surface area (Å²) in [6.45, 7) is 6.46. The van der Waals surface area contributed by atoms with Crippen molar-refractivity contribution < 1.29 is 5.11 Å². The Balaban J connectivity index is 2.58. The first-order valence-corrected chi connectivity index (χ1v) is 7.14. The first-order valence-electron chi connectivity index (χ1n) is 7.14. The van der Waals surface area contributed by atoms with Gasteiger partial charge in [0.1, 0.15) is 5.75 Å². The van der Waals surface area contributed by atoms with Gasteiger partial charge in [0.15, 0.2) is 0 Å². The Morgan fingerprint density at radius 2 is 1.63 bits per heavy atom. The van der Waals surface area contributed by atoms with Gasteiger partial charge in [-0.05, 0) is 47.6 Å². The molecular weight excluding hydrogens is 232 g/mol. The van der Waals surface area contributed by atoms with Crippen molar-refractivity contribution in [2.24, 2.45) is 0 Å². The maximum Gasteiger partial charge on any atom is 0.123 e. The quantitative estimate of drug-likeness (QED) is 0.835. The molecule has 0 atom stereocenters. The summed E-state index contributed by atoms with van der Waals surface area (Å²) in [5.74, 6) is 0.391. The van der Waals surface area contributed by atoms with Gasteiger partial charge in [-0.25, -0.2) is 0 Å². The van der Waals surface area contributed by atoms with Crippen LogP contribution in [0.25, 0.3) is 11.1 Å². The highest BCUT2D eigenvalue weighted by Gasteiger charge is 2.11. The Morgan fingerprint density at radius 1 is 0.842 bits per heavy atom. The zero-order valence-corrected chi connectivity index (χ0v) is 12.0. The third-order valence-corrected chi connectivity index (χ3v) is 3.77. The molecule has 0 aliphatic carbocycles. The van der Waals surface area contributed by atoms with Crippen LogP contribution in [0.3, 0.4) is 0 Å². The van der Waals surface area contributed by atoms with E-state index in [9.17, 15) is 5.11 Å². The second kappa shape index (κ2) is 5.92. The molecule has 0 heterocycles. The second-order valence-electron chi connectivity index (χ2n) is 4.86. The number of phenolic OH excluding ortho intramolecular Hbond substituents is 1. The van der Waals surface area contributed by atoms with E-state index in [4.69, 9.17) is 0 Å². The van der Waals surface area contributed by atoms with Gasteiger partial charge >= 0.3 is 0 Å². The number of aromatic hydroxyl groups is 1. The number of hydrogen-bond donors (Lipinski definition) is 1. The highest BCUT2D eigenvalue weighted by Crippen LogP contribution is 2.34. The standard InChI is InChI=1S/C18H22O/c1-4-13-10-11-17(18(19)12-13)16-9-7-8-14(5-2)15(16)6-3/h7-12,19H,4-6H2,1-3H3. The average molecular weight is 254 g/mol. The number of aryl methyl sites for hydroxylation is 2. The molecular formula is C18H22O. The van der Waals surface area contributed by atoms with Gasteiger partial charge in [0.25, 0.3) is 0 Å². The number of rotatable bonds is 4. The molecule has 2 rings (SSSR count). The third kappa shape index (κ3) is 2.65. The third-order valence-electron chi connectivity index (χ3n) is 3.77. The number of phenols is 1. The Morgan fingerprint density at radius 3 is 2.21 bits per heavy atom. The van der Waals surface area contributed by atoms with Crippen molar-refractivity contribution in [2.75, 3.05) is 0 Å². The van der Waals surface area contributed by atoms with Crippen LogP contribution < -0.4 is 0 Å². The minimum absolute atomic E-state index is 0.391. The van der Waals surface area contributed by atoms with Gasteiger partial charge in [0.05, 0.1) is 0 Å². The van der Waals surface area contributed by atoms with Crippen LogP contribution in [0, 0.1) is 0 Å². The fourth-order valence-corrected chi connectivity index (χ4v) is 2.66. The van der Waals surface area contributed by atoms with Crippen molar-refractivity contribution in [2.45, 2.75) is 40.0 Å². The molecule has 0 fully saturated rings. The predicted octanol–water partition coefficient (Wildman–Crippen LogP) is 4.75. The highest BCUT2D eigenvalue weighted by molar-refractivity contribution is 5.74. The average Bonchev–Trinajstić information content (AvgIpc) is 2.46. The molecule has 0 aliphatic rings. The molecule has 0 unspecified atom stereocenters. The van der Waals surface area contributed by atoms with E-state index < -0.39 is 0 Å². The van der Waals surface area contributed by atoms with E-state index in [1.54, 1.807) is 0 Å². The van der Waals surface area contributed by atoms with Crippen molar-refractivity contribution in [3.63, 3.8) is 0 Å². The van der Waals surface area contributed by atoms with E-state index in [1.165, 1.54) is 22.3 Å². The van der Waals surface area contributed by atoms with Crippen molar-refractivity contribution in [1.29, 1.82) is 0 Å². The summed E-state index contributed by atoms with van der Waals surface area (Å²) in [7, 11) is 0. The Labute approximate surface area is 115 Å². The molecule has 1 nitrogen and oxygen atoms in total. The summed E-state index contributed by atoms with van der Waals surface area (Å²) < 4.78 is 0. The van der Waals surface area contributed by atoms with Crippen LogP contribution in [-0.4, -0.2) is 5.11 Å². The molecule has 0 aromatic heterocycles. The van der Waals surface area contributed by atoms with E-state index in [-0.39, 0.29) is 0 Å². The Bertz CT molecular complexity index is 570. The molecule has 0 saturated heterocycles. The van der Waals surface area contributed by atoms with Crippen LogP contribution in [0.5, 0.6) is 5.75 Å². The largest absolute Gasteiger partial charge is 0.507 e. The smallest absolute Gasteiger partial charge is 0.123 e. The van der Waals surface area contributed by atoms with Gasteiger partial charge in [-0.15, -0.1) is 0 Å². The predicted molar refractivity (Wildman–Crippen MR) is 81.7 cm³/mol. The highest BCUT2D eigenvalue weighted by atomic mass is 16.3. The van der Waals surface area contributed by atoms with E-state index >= 15 is 0 Å². The first-order chi connectivity index (χ1) is 9.21. The molecule has 1 heteroatoms. The van der Waals surface area contributed by atoms with Gasteiger partial charge in [-0.1, -0.05) is 51.1 Å². The van der Waals surface area contributed by atoms with Gasteiger partial charge in [-0.2, -0.15) is 0 Å². The maximum atomic E-state index is 10.3. The molecule has 2 aromatic rings. The molecule has 0 spiro atoms. The number of hydrogen-bond acceptors (Lipinski definition) is 1. The number of benzene rings is 2. The molecule has 0 saturated carbocycles. The summed E-state index contributed by atoms with van der Waals surface area (Å²) in [4.78, 5) is 0. The second-order valence-corrected chi connectivity index (χ2v) is 4.86. The Kier molecular flexibility index (Phi) is 4.26. The van der Waals surface area contributed by atoms with Crippen LogP contribution in [0.4, 0.5) is 0 Å². The van der Waals surface area contributed by atoms with Crippen LogP contribution in [0.15, 0.2) is 36.4 Å². The molecule has 0 aliphatic heterocycles. The van der Waals surface area contributed by atoms with Gasteiger partial charge in [-0.3, -0.25) is 0 Å². The van der Waals surface area contributed by atoms with Crippen LogP contribution >= 0.6 is 0 Å². The zero-order chi connectivity index (χ0) is 13.8. The summed E-state index contributed by atoms with van der Waals surface area (Å²) in [5, 5.41) is 10.3. The molecule has 19 heavy (non-hydrogen) atoms.